The summed E-state index contributed by atoms with van der Waals surface area (Å²) >= 11 is 0. The molecular weight excluding hydrogens is 352 g/mol. The van der Waals surface area contributed by atoms with Crippen LogP contribution in [0.25, 0.3) is 0 Å². The van der Waals surface area contributed by atoms with Gasteiger partial charge in [-0.1, -0.05) is 18.2 Å². The standard InChI is InChI=1S/C22H30N4O2/c1-16-19(17(2)24-23-16)12-9-14-25(3)22(28)20-13-7-8-15-26(20)21(27)18-10-5-4-6-11-18/h4-6,10-11,20H,7-9,12-15H2,1-3H3,(H,23,24). The van der Waals surface area contributed by atoms with Crippen LogP contribution < -0.4 is 0 Å². The second-order valence-corrected chi connectivity index (χ2v) is 7.65. The molecule has 2 aromatic rings. The predicted molar refractivity (Wildman–Crippen MR) is 109 cm³/mol. The zero-order chi connectivity index (χ0) is 20.1. The molecule has 6 nitrogen and oxygen atoms in total. The Bertz CT molecular complexity index is 796. The molecule has 1 aromatic carbocycles. The molecule has 150 valence electrons. The Hall–Kier alpha value is -2.63. The molecule has 6 heteroatoms. The van der Waals surface area contributed by atoms with Gasteiger partial charge < -0.3 is 9.80 Å². The number of H-pyrrole nitrogens is 1. The van der Waals surface area contributed by atoms with Gasteiger partial charge in [0.1, 0.15) is 6.04 Å². The fourth-order valence-corrected chi connectivity index (χ4v) is 3.98. The van der Waals surface area contributed by atoms with Crippen LogP contribution in [0.1, 0.15) is 53.0 Å². The number of aromatic amines is 1. The summed E-state index contributed by atoms with van der Waals surface area (Å²) in [5.41, 5.74) is 4.01. The summed E-state index contributed by atoms with van der Waals surface area (Å²) in [5.74, 6) is 0.00122. The summed E-state index contributed by atoms with van der Waals surface area (Å²) in [6.45, 7) is 5.35. The number of rotatable bonds is 6. The molecular formula is C22H30N4O2. The third kappa shape index (κ3) is 4.43. The Kier molecular flexibility index (Phi) is 6.49. The van der Waals surface area contributed by atoms with E-state index in [1.54, 1.807) is 9.80 Å². The molecule has 0 saturated carbocycles. The number of piperidine rings is 1. The largest absolute Gasteiger partial charge is 0.344 e. The number of nitrogens with zero attached hydrogens (tertiary/aromatic N) is 3. The third-order valence-electron chi connectivity index (χ3n) is 5.65. The third-order valence-corrected chi connectivity index (χ3v) is 5.65. The first-order chi connectivity index (χ1) is 13.5. The molecule has 2 amide bonds. The minimum Gasteiger partial charge on any atom is -0.344 e. The van der Waals surface area contributed by atoms with Crippen molar-refractivity contribution in [3.63, 3.8) is 0 Å². The van der Waals surface area contributed by atoms with Crippen molar-refractivity contribution in [3.05, 3.63) is 52.8 Å². The molecule has 0 bridgehead atoms. The first kappa shape index (κ1) is 20.1. The molecule has 3 rings (SSSR count). The SMILES string of the molecule is Cc1n[nH]c(C)c1CCCN(C)C(=O)C1CCCCN1C(=O)c1ccccc1. The van der Waals surface area contributed by atoms with Crippen molar-refractivity contribution in [3.8, 4) is 0 Å². The Labute approximate surface area is 166 Å². The lowest BCUT2D eigenvalue weighted by Crippen LogP contribution is -2.52. The van der Waals surface area contributed by atoms with Crippen molar-refractivity contribution in [2.45, 2.75) is 52.0 Å². The second-order valence-electron chi connectivity index (χ2n) is 7.65. The molecule has 1 atom stereocenters. The minimum atomic E-state index is -0.358. The van der Waals surface area contributed by atoms with Crippen molar-refractivity contribution < 1.29 is 9.59 Å². The molecule has 1 unspecified atom stereocenters. The maximum absolute atomic E-state index is 13.1. The van der Waals surface area contributed by atoms with Crippen LogP contribution in [-0.2, 0) is 11.2 Å². The highest BCUT2D eigenvalue weighted by Gasteiger charge is 2.34. The van der Waals surface area contributed by atoms with Crippen LogP contribution >= 0.6 is 0 Å². The highest BCUT2D eigenvalue weighted by molar-refractivity contribution is 5.97. The number of aryl methyl sites for hydroxylation is 2. The molecule has 1 N–H and O–H groups in total. The van der Waals surface area contributed by atoms with Crippen molar-refractivity contribution in [2.24, 2.45) is 0 Å². The van der Waals surface area contributed by atoms with Crippen LogP contribution in [-0.4, -0.2) is 58.0 Å². The molecule has 1 aliphatic heterocycles. The van der Waals surface area contributed by atoms with E-state index >= 15 is 0 Å². The van der Waals surface area contributed by atoms with E-state index in [1.807, 2.05) is 51.2 Å². The fourth-order valence-electron chi connectivity index (χ4n) is 3.98. The lowest BCUT2D eigenvalue weighted by Gasteiger charge is -2.37. The number of carbonyl (C=O) groups is 2. The van der Waals surface area contributed by atoms with E-state index in [-0.39, 0.29) is 17.9 Å². The Morgan fingerprint density at radius 2 is 1.96 bits per heavy atom. The van der Waals surface area contributed by atoms with Crippen molar-refractivity contribution in [1.29, 1.82) is 0 Å². The monoisotopic (exact) mass is 382 g/mol. The van der Waals surface area contributed by atoms with Crippen LogP contribution in [0.5, 0.6) is 0 Å². The normalized spacial score (nSPS) is 16.8. The highest BCUT2D eigenvalue weighted by Crippen LogP contribution is 2.21. The van der Waals surface area contributed by atoms with Gasteiger partial charge in [-0.25, -0.2) is 0 Å². The van der Waals surface area contributed by atoms with Gasteiger partial charge in [-0.3, -0.25) is 14.7 Å². The smallest absolute Gasteiger partial charge is 0.254 e. The summed E-state index contributed by atoms with van der Waals surface area (Å²) in [6, 6.07) is 8.89. The summed E-state index contributed by atoms with van der Waals surface area (Å²) in [5, 5.41) is 7.24. The van der Waals surface area contributed by atoms with Crippen LogP contribution in [0.3, 0.4) is 0 Å². The summed E-state index contributed by atoms with van der Waals surface area (Å²) < 4.78 is 0. The van der Waals surface area contributed by atoms with E-state index in [4.69, 9.17) is 0 Å². The summed E-state index contributed by atoms with van der Waals surface area (Å²) in [4.78, 5) is 29.6. The lowest BCUT2D eigenvalue weighted by molar-refractivity contribution is -0.135. The van der Waals surface area contributed by atoms with Crippen molar-refractivity contribution >= 4 is 11.8 Å². The fraction of sp³-hybridized carbons (Fsp3) is 0.500. The van der Waals surface area contributed by atoms with Gasteiger partial charge in [-0.15, -0.1) is 0 Å². The second kappa shape index (κ2) is 9.04. The van der Waals surface area contributed by atoms with Gasteiger partial charge in [0.25, 0.3) is 5.91 Å². The maximum Gasteiger partial charge on any atom is 0.254 e. The average molecular weight is 383 g/mol. The number of hydrogen-bond acceptors (Lipinski definition) is 3. The molecule has 0 radical (unpaired) electrons. The number of likely N-dealkylation sites (N-methyl/N-ethyl adjacent to an activating group) is 1. The first-order valence-electron chi connectivity index (χ1n) is 10.1. The van der Waals surface area contributed by atoms with E-state index in [1.165, 1.54) is 5.56 Å². The molecule has 1 fully saturated rings. The molecule has 1 saturated heterocycles. The first-order valence-corrected chi connectivity index (χ1v) is 10.1. The van der Waals surface area contributed by atoms with Gasteiger partial charge in [0, 0.05) is 31.4 Å². The van der Waals surface area contributed by atoms with E-state index in [0.717, 1.165) is 43.5 Å². The van der Waals surface area contributed by atoms with Crippen molar-refractivity contribution in [1.82, 2.24) is 20.0 Å². The molecule has 0 spiro atoms. The zero-order valence-electron chi connectivity index (χ0n) is 17.1. The molecule has 2 heterocycles. The number of amides is 2. The Morgan fingerprint density at radius 3 is 2.64 bits per heavy atom. The number of likely N-dealkylation sites (tertiary alicyclic amines) is 1. The Balaban J connectivity index is 1.61. The Morgan fingerprint density at radius 1 is 1.21 bits per heavy atom. The minimum absolute atomic E-state index is 0.0447. The van der Waals surface area contributed by atoms with E-state index in [0.29, 0.717) is 18.7 Å². The van der Waals surface area contributed by atoms with Crippen molar-refractivity contribution in [2.75, 3.05) is 20.1 Å². The molecule has 1 aliphatic rings. The van der Waals surface area contributed by atoms with E-state index in [2.05, 4.69) is 10.2 Å². The van der Waals surface area contributed by atoms with E-state index < -0.39 is 0 Å². The summed E-state index contributed by atoms with van der Waals surface area (Å²) in [7, 11) is 1.84. The predicted octanol–water partition coefficient (Wildman–Crippen LogP) is 3.11. The van der Waals surface area contributed by atoms with Gasteiger partial charge in [0.05, 0.1) is 5.69 Å². The van der Waals surface area contributed by atoms with Gasteiger partial charge in [-0.05, 0) is 63.6 Å². The average Bonchev–Trinajstić information content (AvgIpc) is 3.05. The quantitative estimate of drug-likeness (QED) is 0.835. The lowest BCUT2D eigenvalue weighted by atomic mass is 9.99. The number of nitrogens with one attached hydrogen (secondary N) is 1. The van der Waals surface area contributed by atoms with Gasteiger partial charge in [0.2, 0.25) is 5.91 Å². The number of carbonyl (C=O) groups excluding carboxylic acids is 2. The number of aromatic nitrogens is 2. The van der Waals surface area contributed by atoms with E-state index in [9.17, 15) is 9.59 Å². The van der Waals surface area contributed by atoms with Gasteiger partial charge in [0.15, 0.2) is 0 Å². The highest BCUT2D eigenvalue weighted by atomic mass is 16.2. The van der Waals surface area contributed by atoms with Crippen LogP contribution in [0.2, 0.25) is 0 Å². The number of benzene rings is 1. The van der Waals surface area contributed by atoms with Crippen LogP contribution in [0.4, 0.5) is 0 Å². The van der Waals surface area contributed by atoms with Gasteiger partial charge in [-0.2, -0.15) is 5.10 Å². The topological polar surface area (TPSA) is 69.3 Å². The van der Waals surface area contributed by atoms with Gasteiger partial charge >= 0.3 is 0 Å². The number of hydrogen-bond donors (Lipinski definition) is 1. The summed E-state index contributed by atoms with van der Waals surface area (Å²) in [6.07, 6.45) is 4.44. The van der Waals surface area contributed by atoms with Crippen LogP contribution in [0, 0.1) is 13.8 Å². The molecule has 0 aliphatic carbocycles. The zero-order valence-corrected chi connectivity index (χ0v) is 17.1. The maximum atomic E-state index is 13.1. The molecule has 28 heavy (non-hydrogen) atoms. The molecule has 1 aromatic heterocycles. The van der Waals surface area contributed by atoms with Crippen LogP contribution in [0.15, 0.2) is 30.3 Å².